The van der Waals surface area contributed by atoms with Gasteiger partial charge in [0.05, 0.1) is 25.0 Å². The lowest BCUT2D eigenvalue weighted by Crippen LogP contribution is -2.19. The Labute approximate surface area is 261 Å². The number of carboxylic acids is 1. The van der Waals surface area contributed by atoms with Gasteiger partial charge in [-0.1, -0.05) is 160 Å². The molecule has 0 radical (unpaired) electrons. The van der Waals surface area contributed by atoms with Crippen molar-refractivity contribution in [1.82, 2.24) is 0 Å². The third kappa shape index (κ3) is 28.3. The van der Waals surface area contributed by atoms with Gasteiger partial charge in [-0.05, 0) is 12.8 Å². The van der Waals surface area contributed by atoms with Gasteiger partial charge in [-0.2, -0.15) is 0 Å². The number of hydrogen-bond donors (Lipinski definition) is 3. The van der Waals surface area contributed by atoms with Gasteiger partial charge in [-0.3, -0.25) is 14.4 Å². The van der Waals surface area contributed by atoms with Crippen LogP contribution < -0.4 is 0 Å². The summed E-state index contributed by atoms with van der Waals surface area (Å²) in [4.78, 5) is 33.9. The number of esters is 1. The highest BCUT2D eigenvalue weighted by atomic mass is 16.5. The Morgan fingerprint density at radius 2 is 1.00 bits per heavy atom. The number of benzene rings is 1. The van der Waals surface area contributed by atoms with E-state index in [9.17, 15) is 24.6 Å². The van der Waals surface area contributed by atoms with Gasteiger partial charge in [0.2, 0.25) is 0 Å². The van der Waals surface area contributed by atoms with Gasteiger partial charge in [0.1, 0.15) is 0 Å². The molecule has 0 spiro atoms. The van der Waals surface area contributed by atoms with Gasteiger partial charge >= 0.3 is 11.9 Å². The van der Waals surface area contributed by atoms with E-state index in [0.717, 1.165) is 25.7 Å². The lowest BCUT2D eigenvalue weighted by molar-refractivity contribution is -0.145. The fraction of sp³-hybridized carbons (Fsp3) is 0.750. The molecule has 0 aliphatic carbocycles. The number of ether oxygens (including phenoxy) is 1. The Balaban J connectivity index is 0.000000901. The average molecular weight is 607 g/mol. The van der Waals surface area contributed by atoms with Gasteiger partial charge < -0.3 is 20.1 Å². The van der Waals surface area contributed by atoms with E-state index in [1.807, 2.05) is 6.07 Å². The third-order valence-electron chi connectivity index (χ3n) is 7.55. The first-order chi connectivity index (χ1) is 20.8. The Morgan fingerprint density at radius 1 is 0.605 bits per heavy atom. The van der Waals surface area contributed by atoms with Crippen LogP contribution in [0, 0.1) is 0 Å². The van der Waals surface area contributed by atoms with E-state index in [2.05, 4.69) is 13.8 Å². The lowest BCUT2D eigenvalue weighted by atomic mass is 10.0. The molecule has 7 heteroatoms. The minimum Gasteiger partial charge on any atom is -0.481 e. The smallest absolute Gasteiger partial charge is 0.308 e. The summed E-state index contributed by atoms with van der Waals surface area (Å²) in [6.45, 7) is 4.18. The van der Waals surface area contributed by atoms with E-state index in [-0.39, 0.29) is 25.2 Å². The highest BCUT2D eigenvalue weighted by Gasteiger charge is 2.14. The van der Waals surface area contributed by atoms with Crippen LogP contribution in [0.3, 0.4) is 0 Å². The number of aliphatic hydroxyl groups is 2. The number of hydrogen-bond acceptors (Lipinski definition) is 6. The summed E-state index contributed by atoms with van der Waals surface area (Å²) in [5.41, 5.74) is 0.524. The quantitative estimate of drug-likeness (QED) is 0.0519. The zero-order chi connectivity index (χ0) is 32.0. The molecule has 43 heavy (non-hydrogen) atoms. The summed E-state index contributed by atoms with van der Waals surface area (Å²) in [5.74, 6) is -1.65. The highest BCUT2D eigenvalue weighted by molar-refractivity contribution is 5.97. The second-order valence-corrected chi connectivity index (χ2v) is 11.8. The molecule has 7 nitrogen and oxygen atoms in total. The molecule has 0 bridgehead atoms. The predicted octanol–water partition coefficient (Wildman–Crippen LogP) is 8.83. The Kier molecular flexibility index (Phi) is 28.2. The summed E-state index contributed by atoms with van der Waals surface area (Å²) in [6.07, 6.45) is 22.0. The first-order valence-electron chi connectivity index (χ1n) is 17.1. The number of carbonyl (C=O) groups excluding carboxylic acids is 2. The van der Waals surface area contributed by atoms with Crippen LogP contribution in [0.2, 0.25) is 0 Å². The van der Waals surface area contributed by atoms with Crippen LogP contribution in [0.4, 0.5) is 0 Å². The number of unbranched alkanes of at least 4 members (excludes halogenated alkanes) is 16. The molecule has 1 aromatic rings. The van der Waals surface area contributed by atoms with Crippen molar-refractivity contribution < 1.29 is 34.4 Å². The molecule has 1 aromatic carbocycles. The SMILES string of the molecule is CCCCCCCCCCC[C@@H](O)CC(=O)O.CCCCCCCCCCC[C@@H](O)CC(=O)OCC(=O)c1ccccc1. The van der Waals surface area contributed by atoms with Crippen LogP contribution in [0.5, 0.6) is 0 Å². The summed E-state index contributed by atoms with van der Waals surface area (Å²) in [7, 11) is 0. The highest BCUT2D eigenvalue weighted by Crippen LogP contribution is 2.14. The normalized spacial score (nSPS) is 12.2. The number of aliphatic hydroxyl groups excluding tert-OH is 2. The number of carbonyl (C=O) groups is 3. The van der Waals surface area contributed by atoms with Crippen molar-refractivity contribution in [2.75, 3.05) is 6.61 Å². The predicted molar refractivity (Wildman–Crippen MR) is 174 cm³/mol. The van der Waals surface area contributed by atoms with E-state index in [1.165, 1.54) is 89.9 Å². The van der Waals surface area contributed by atoms with Crippen LogP contribution in [0.1, 0.15) is 165 Å². The molecule has 0 saturated carbocycles. The molecule has 0 fully saturated rings. The number of ketones is 1. The van der Waals surface area contributed by atoms with Crippen molar-refractivity contribution >= 4 is 17.7 Å². The first-order valence-corrected chi connectivity index (χ1v) is 17.1. The minimum absolute atomic E-state index is 0.0426. The van der Waals surface area contributed by atoms with Crippen LogP contribution in [-0.2, 0) is 14.3 Å². The van der Waals surface area contributed by atoms with Gasteiger partial charge in [-0.25, -0.2) is 0 Å². The number of carboxylic acid groups (broad SMARTS) is 1. The minimum atomic E-state index is -0.909. The summed E-state index contributed by atoms with van der Waals surface area (Å²) < 4.78 is 4.97. The molecule has 0 aliphatic rings. The largest absolute Gasteiger partial charge is 0.481 e. The van der Waals surface area contributed by atoms with E-state index in [1.54, 1.807) is 24.3 Å². The standard InChI is InChI=1S/C22H34O4.C14H28O3/c1-2-3-4-5-6-7-8-9-13-16-20(23)17-22(25)26-18-21(24)19-14-11-10-12-15-19;1-2-3-4-5-6-7-8-9-10-11-13(15)12-14(16)17/h10-12,14-15,20,23H,2-9,13,16-18H2,1H3;13,15H,2-12H2,1H3,(H,16,17)/t20-;13-/m11/s1. The molecule has 0 heterocycles. The molecule has 0 unspecified atom stereocenters. The molecule has 0 aromatic heterocycles. The van der Waals surface area contributed by atoms with Gasteiger partial charge in [0, 0.05) is 5.56 Å². The molecule has 248 valence electrons. The van der Waals surface area contributed by atoms with Crippen molar-refractivity contribution in [3.05, 3.63) is 35.9 Å². The zero-order valence-electron chi connectivity index (χ0n) is 27.3. The number of aliphatic carboxylic acids is 1. The molecule has 0 aliphatic heterocycles. The van der Waals surface area contributed by atoms with E-state index in [4.69, 9.17) is 9.84 Å². The lowest BCUT2D eigenvalue weighted by Gasteiger charge is -2.10. The van der Waals surface area contributed by atoms with Crippen molar-refractivity contribution in [1.29, 1.82) is 0 Å². The molecule has 3 N–H and O–H groups in total. The first kappa shape index (κ1) is 40.8. The Morgan fingerprint density at radius 3 is 1.42 bits per heavy atom. The molecule has 1 rings (SSSR count). The Bertz CT molecular complexity index is 796. The fourth-order valence-corrected chi connectivity index (χ4v) is 4.89. The van der Waals surface area contributed by atoms with Crippen molar-refractivity contribution in [3.63, 3.8) is 0 Å². The molecule has 2 atom stereocenters. The van der Waals surface area contributed by atoms with Crippen molar-refractivity contribution in [3.8, 4) is 0 Å². The van der Waals surface area contributed by atoms with Crippen LogP contribution >= 0.6 is 0 Å². The topological polar surface area (TPSA) is 121 Å². The summed E-state index contributed by atoms with van der Waals surface area (Å²) in [5, 5.41) is 27.7. The van der Waals surface area contributed by atoms with Crippen LogP contribution in [0.25, 0.3) is 0 Å². The number of Topliss-reactive ketones (excluding diaryl/α,β-unsaturated/α-hetero) is 1. The monoisotopic (exact) mass is 606 g/mol. The van der Waals surface area contributed by atoms with Crippen molar-refractivity contribution in [2.45, 2.75) is 167 Å². The summed E-state index contributed by atoms with van der Waals surface area (Å²) >= 11 is 0. The maximum absolute atomic E-state index is 11.9. The van der Waals surface area contributed by atoms with Gasteiger partial charge in [0.25, 0.3) is 0 Å². The second kappa shape index (κ2) is 29.8. The summed E-state index contributed by atoms with van der Waals surface area (Å²) in [6, 6.07) is 8.74. The molecular weight excluding hydrogens is 544 g/mol. The fourth-order valence-electron chi connectivity index (χ4n) is 4.89. The van der Waals surface area contributed by atoms with Gasteiger partial charge in [-0.15, -0.1) is 0 Å². The van der Waals surface area contributed by atoms with Gasteiger partial charge in [0.15, 0.2) is 12.4 Å². The average Bonchev–Trinajstić information content (AvgIpc) is 2.98. The molecular formula is C36H62O7. The van der Waals surface area contributed by atoms with Crippen LogP contribution in [0.15, 0.2) is 30.3 Å². The third-order valence-corrected chi connectivity index (χ3v) is 7.55. The maximum atomic E-state index is 11.9. The van der Waals surface area contributed by atoms with E-state index < -0.39 is 24.1 Å². The van der Waals surface area contributed by atoms with Crippen LogP contribution in [-0.4, -0.2) is 51.9 Å². The molecule has 0 amide bonds. The second-order valence-electron chi connectivity index (χ2n) is 11.8. The molecule has 0 saturated heterocycles. The Hall–Kier alpha value is -2.25. The zero-order valence-corrected chi connectivity index (χ0v) is 27.3. The van der Waals surface area contributed by atoms with E-state index in [0.29, 0.717) is 18.4 Å². The van der Waals surface area contributed by atoms with Crippen molar-refractivity contribution in [2.24, 2.45) is 0 Å². The van der Waals surface area contributed by atoms with E-state index >= 15 is 0 Å². The maximum Gasteiger partial charge on any atom is 0.308 e. The number of rotatable bonds is 27.